The molecule has 0 aliphatic heterocycles. The predicted octanol–water partition coefficient (Wildman–Crippen LogP) is 2.74. The number of benzene rings is 1. The quantitative estimate of drug-likeness (QED) is 0.657. The first-order chi connectivity index (χ1) is 12.9. The maximum absolute atomic E-state index is 12.3. The van der Waals surface area contributed by atoms with E-state index in [1.807, 2.05) is 32.0 Å². The van der Waals surface area contributed by atoms with Crippen LogP contribution in [0.25, 0.3) is 0 Å². The molecule has 0 atom stereocenters. The number of nitrogens with one attached hydrogen (secondary N) is 1. The molecule has 0 aliphatic rings. The molecule has 2 rings (SSSR count). The number of carbonyl (C=O) groups is 2. The van der Waals surface area contributed by atoms with Crippen molar-refractivity contribution in [3.8, 4) is 5.75 Å². The average Bonchev–Trinajstić information content (AvgIpc) is 2.63. The monoisotopic (exact) mass is 372 g/mol. The highest BCUT2D eigenvalue weighted by Gasteiger charge is 2.14. The lowest BCUT2D eigenvalue weighted by atomic mass is 10.1. The fourth-order valence-electron chi connectivity index (χ4n) is 2.48. The number of aryl methyl sites for hydroxylation is 2. The number of ether oxygens (including phenoxy) is 2. The van der Waals surface area contributed by atoms with E-state index in [4.69, 9.17) is 14.6 Å². The Morgan fingerprint density at radius 1 is 1.15 bits per heavy atom. The summed E-state index contributed by atoms with van der Waals surface area (Å²) in [4.78, 5) is 27.5. The van der Waals surface area contributed by atoms with Crippen LogP contribution in [0.2, 0.25) is 0 Å². The summed E-state index contributed by atoms with van der Waals surface area (Å²) in [6.07, 6.45) is 0. The number of carbonyl (C=O) groups excluding carboxylic acids is 1. The third-order valence-electron chi connectivity index (χ3n) is 3.90. The second-order valence-electron chi connectivity index (χ2n) is 5.97. The van der Waals surface area contributed by atoms with Gasteiger partial charge in [0.15, 0.2) is 0 Å². The lowest BCUT2D eigenvalue weighted by Crippen LogP contribution is -2.25. The van der Waals surface area contributed by atoms with E-state index in [-0.39, 0.29) is 23.7 Å². The van der Waals surface area contributed by atoms with Gasteiger partial charge in [0, 0.05) is 18.7 Å². The zero-order valence-electron chi connectivity index (χ0n) is 15.7. The van der Waals surface area contributed by atoms with Crippen molar-refractivity contribution in [1.82, 2.24) is 10.3 Å². The number of pyridine rings is 1. The fourth-order valence-corrected chi connectivity index (χ4v) is 2.48. The molecule has 2 aromatic rings. The fraction of sp³-hybridized carbons (Fsp3) is 0.350. The van der Waals surface area contributed by atoms with Crippen LogP contribution in [0.15, 0.2) is 30.3 Å². The van der Waals surface area contributed by atoms with Crippen molar-refractivity contribution in [2.75, 3.05) is 19.8 Å². The number of carboxylic acids is 1. The van der Waals surface area contributed by atoms with E-state index in [1.54, 1.807) is 6.92 Å². The number of hydrogen-bond donors (Lipinski definition) is 2. The zero-order chi connectivity index (χ0) is 19.8. The Kier molecular flexibility index (Phi) is 7.31. The van der Waals surface area contributed by atoms with Gasteiger partial charge in [0.1, 0.15) is 18.1 Å². The minimum Gasteiger partial charge on any atom is -0.491 e. The van der Waals surface area contributed by atoms with Gasteiger partial charge in [-0.15, -0.1) is 0 Å². The summed E-state index contributed by atoms with van der Waals surface area (Å²) in [7, 11) is 0. The minimum atomic E-state index is -1.07. The summed E-state index contributed by atoms with van der Waals surface area (Å²) in [6, 6.07) is 8.55. The van der Waals surface area contributed by atoms with E-state index < -0.39 is 5.97 Å². The van der Waals surface area contributed by atoms with Crippen molar-refractivity contribution in [1.29, 1.82) is 0 Å². The van der Waals surface area contributed by atoms with Gasteiger partial charge in [-0.3, -0.25) is 4.79 Å². The first-order valence-electron chi connectivity index (χ1n) is 8.71. The number of nitrogens with zero attached hydrogens (tertiary/aromatic N) is 1. The van der Waals surface area contributed by atoms with Crippen LogP contribution < -0.4 is 10.1 Å². The molecule has 144 valence electrons. The summed E-state index contributed by atoms with van der Waals surface area (Å²) >= 11 is 0. The molecule has 0 aliphatic carbocycles. The molecule has 27 heavy (non-hydrogen) atoms. The molecule has 0 fully saturated rings. The third kappa shape index (κ3) is 5.79. The number of hydrogen-bond acceptors (Lipinski definition) is 5. The van der Waals surface area contributed by atoms with Crippen LogP contribution in [0.5, 0.6) is 5.75 Å². The summed E-state index contributed by atoms with van der Waals surface area (Å²) in [6.45, 7) is 7.27. The molecular weight excluding hydrogens is 348 g/mol. The van der Waals surface area contributed by atoms with Crippen LogP contribution in [0.1, 0.15) is 44.6 Å². The molecule has 1 heterocycles. The second kappa shape index (κ2) is 9.68. The highest BCUT2D eigenvalue weighted by molar-refractivity contribution is 5.94. The maximum Gasteiger partial charge on any atom is 0.337 e. The highest BCUT2D eigenvalue weighted by Crippen LogP contribution is 2.20. The van der Waals surface area contributed by atoms with E-state index >= 15 is 0 Å². The Morgan fingerprint density at radius 2 is 1.93 bits per heavy atom. The Labute approximate surface area is 158 Å². The number of carboxylic acid groups (broad SMARTS) is 1. The predicted molar refractivity (Wildman–Crippen MR) is 100 cm³/mol. The molecule has 0 unspecified atom stereocenters. The molecule has 1 aromatic carbocycles. The summed E-state index contributed by atoms with van der Waals surface area (Å²) in [5, 5.41) is 11.8. The Bertz CT molecular complexity index is 820. The van der Waals surface area contributed by atoms with Crippen molar-refractivity contribution in [3.05, 3.63) is 58.4 Å². The summed E-state index contributed by atoms with van der Waals surface area (Å²) in [5.41, 5.74) is 2.44. The summed E-state index contributed by atoms with van der Waals surface area (Å²) in [5.74, 6) is -0.753. The van der Waals surface area contributed by atoms with Gasteiger partial charge in [-0.05, 0) is 44.5 Å². The van der Waals surface area contributed by atoms with E-state index in [0.717, 1.165) is 11.1 Å². The van der Waals surface area contributed by atoms with Crippen molar-refractivity contribution in [3.63, 3.8) is 0 Å². The Hall–Kier alpha value is -2.93. The van der Waals surface area contributed by atoms with E-state index in [9.17, 15) is 9.59 Å². The number of amides is 1. The van der Waals surface area contributed by atoms with Crippen molar-refractivity contribution >= 4 is 11.9 Å². The van der Waals surface area contributed by atoms with Gasteiger partial charge in [-0.1, -0.05) is 12.1 Å². The smallest absolute Gasteiger partial charge is 0.337 e. The van der Waals surface area contributed by atoms with Crippen molar-refractivity contribution < 1.29 is 24.2 Å². The number of aromatic carboxylic acids is 1. The zero-order valence-corrected chi connectivity index (χ0v) is 15.7. The van der Waals surface area contributed by atoms with Gasteiger partial charge < -0.3 is 19.9 Å². The van der Waals surface area contributed by atoms with Gasteiger partial charge in [0.05, 0.1) is 17.9 Å². The molecule has 2 N–H and O–H groups in total. The lowest BCUT2D eigenvalue weighted by molar-refractivity contribution is 0.0694. The second-order valence-corrected chi connectivity index (χ2v) is 5.97. The standard InChI is InChI=1S/C20H24N2O5/c1-4-26-9-10-27-18-11-13(2)5-6-15(18)12-21-19(23)17-8-7-16(20(24)25)14(3)22-17/h5-8,11H,4,9-10,12H2,1-3H3,(H,21,23)(H,24,25). The number of rotatable bonds is 9. The molecule has 0 bridgehead atoms. The minimum absolute atomic E-state index is 0.0788. The topological polar surface area (TPSA) is 97.8 Å². The van der Waals surface area contributed by atoms with Gasteiger partial charge in [0.2, 0.25) is 0 Å². The lowest BCUT2D eigenvalue weighted by Gasteiger charge is -2.13. The average molecular weight is 372 g/mol. The molecular formula is C20H24N2O5. The first-order valence-corrected chi connectivity index (χ1v) is 8.71. The Morgan fingerprint density at radius 3 is 2.59 bits per heavy atom. The molecule has 0 spiro atoms. The van der Waals surface area contributed by atoms with Crippen LogP contribution in [0, 0.1) is 13.8 Å². The Balaban J connectivity index is 2.04. The van der Waals surface area contributed by atoms with Crippen LogP contribution in [0.3, 0.4) is 0 Å². The van der Waals surface area contributed by atoms with Crippen LogP contribution in [0.4, 0.5) is 0 Å². The molecule has 0 radical (unpaired) electrons. The maximum atomic E-state index is 12.3. The molecule has 7 heteroatoms. The normalized spacial score (nSPS) is 10.5. The van der Waals surface area contributed by atoms with E-state index in [0.29, 0.717) is 31.3 Å². The van der Waals surface area contributed by atoms with Crippen molar-refractivity contribution in [2.24, 2.45) is 0 Å². The van der Waals surface area contributed by atoms with Crippen LogP contribution in [-0.2, 0) is 11.3 Å². The van der Waals surface area contributed by atoms with Crippen molar-refractivity contribution in [2.45, 2.75) is 27.3 Å². The molecule has 7 nitrogen and oxygen atoms in total. The summed E-state index contributed by atoms with van der Waals surface area (Å²) < 4.78 is 11.0. The van der Waals surface area contributed by atoms with E-state index in [2.05, 4.69) is 10.3 Å². The third-order valence-corrected chi connectivity index (χ3v) is 3.90. The largest absolute Gasteiger partial charge is 0.491 e. The highest BCUT2D eigenvalue weighted by atomic mass is 16.5. The van der Waals surface area contributed by atoms with Gasteiger partial charge >= 0.3 is 5.97 Å². The van der Waals surface area contributed by atoms with Gasteiger partial charge in [-0.25, -0.2) is 9.78 Å². The molecule has 1 amide bonds. The SMILES string of the molecule is CCOCCOc1cc(C)ccc1CNC(=O)c1ccc(C(=O)O)c(C)n1. The first kappa shape index (κ1) is 20.4. The van der Waals surface area contributed by atoms with Crippen LogP contribution >= 0.6 is 0 Å². The molecule has 0 saturated heterocycles. The van der Waals surface area contributed by atoms with E-state index in [1.165, 1.54) is 12.1 Å². The molecule has 1 aromatic heterocycles. The van der Waals surface area contributed by atoms with Gasteiger partial charge in [0.25, 0.3) is 5.91 Å². The molecule has 0 saturated carbocycles. The van der Waals surface area contributed by atoms with Gasteiger partial charge in [-0.2, -0.15) is 0 Å². The van der Waals surface area contributed by atoms with Crippen LogP contribution in [-0.4, -0.2) is 41.8 Å². The number of aromatic nitrogens is 1.